The van der Waals surface area contributed by atoms with Crippen LogP contribution in [-0.2, 0) is 0 Å². The van der Waals surface area contributed by atoms with Gasteiger partial charge in [0, 0.05) is 6.07 Å². The number of nitro benzene ring substituents is 1. The molecule has 5 heteroatoms. The Labute approximate surface area is 87.0 Å². The van der Waals surface area contributed by atoms with Gasteiger partial charge >= 0.3 is 5.69 Å². The third kappa shape index (κ3) is 4.03. The molecule has 1 saturated carbocycles. The molecule has 15 heavy (non-hydrogen) atoms. The maximum atomic E-state index is 12.4. The van der Waals surface area contributed by atoms with Crippen molar-refractivity contribution in [3.63, 3.8) is 0 Å². The molecule has 0 amide bonds. The highest BCUT2D eigenvalue weighted by Gasteiger charge is 2.17. The van der Waals surface area contributed by atoms with Crippen molar-refractivity contribution in [3.8, 4) is 0 Å². The summed E-state index contributed by atoms with van der Waals surface area (Å²) in [4.78, 5) is 9.23. The van der Waals surface area contributed by atoms with Crippen molar-refractivity contribution in [3.05, 3.63) is 40.2 Å². The van der Waals surface area contributed by atoms with Gasteiger partial charge in [0.25, 0.3) is 0 Å². The number of hydrogen-bond donors (Lipinski definition) is 1. The van der Waals surface area contributed by atoms with Gasteiger partial charge in [0.15, 0.2) is 0 Å². The molecule has 0 unspecified atom stereocenters. The normalized spacial score (nSPS) is 14.0. The van der Waals surface area contributed by atoms with Crippen LogP contribution in [0.15, 0.2) is 24.3 Å². The van der Waals surface area contributed by atoms with E-state index in [-0.39, 0.29) is 0 Å². The molecule has 0 heterocycles. The lowest BCUT2D eigenvalue weighted by molar-refractivity contribution is -0.387. The highest BCUT2D eigenvalue weighted by atomic mass is 19.1. The fourth-order valence-corrected chi connectivity index (χ4v) is 0.953. The van der Waals surface area contributed by atoms with Gasteiger partial charge in [-0.05, 0) is 31.4 Å². The third-order valence-corrected chi connectivity index (χ3v) is 2.08. The van der Waals surface area contributed by atoms with Gasteiger partial charge in [0.2, 0.25) is 5.82 Å². The molecule has 0 aromatic heterocycles. The molecule has 82 valence electrons. The maximum absolute atomic E-state index is 12.4. The van der Waals surface area contributed by atoms with E-state index in [1.165, 1.54) is 25.0 Å². The molecule has 4 nitrogen and oxygen atoms in total. The van der Waals surface area contributed by atoms with Crippen molar-refractivity contribution in [2.24, 2.45) is 11.7 Å². The van der Waals surface area contributed by atoms with Crippen LogP contribution < -0.4 is 5.73 Å². The molecule has 1 aliphatic carbocycles. The number of nitro groups is 1. The summed E-state index contributed by atoms with van der Waals surface area (Å²) in [5, 5.41) is 9.99. The zero-order chi connectivity index (χ0) is 11.3. The van der Waals surface area contributed by atoms with Crippen molar-refractivity contribution < 1.29 is 9.31 Å². The first-order chi connectivity index (χ1) is 7.15. The fourth-order valence-electron chi connectivity index (χ4n) is 0.953. The molecule has 2 rings (SSSR count). The highest BCUT2D eigenvalue weighted by Crippen LogP contribution is 2.26. The van der Waals surface area contributed by atoms with E-state index in [4.69, 9.17) is 5.73 Å². The molecule has 1 aromatic carbocycles. The fraction of sp³-hybridized carbons (Fsp3) is 0.400. The van der Waals surface area contributed by atoms with E-state index in [9.17, 15) is 14.5 Å². The van der Waals surface area contributed by atoms with Gasteiger partial charge in [-0.25, -0.2) is 0 Å². The second-order valence-electron chi connectivity index (χ2n) is 3.39. The molecule has 1 aliphatic rings. The van der Waals surface area contributed by atoms with Crippen LogP contribution in [0.3, 0.4) is 0 Å². The molecule has 0 aliphatic heterocycles. The van der Waals surface area contributed by atoms with Crippen LogP contribution in [0.1, 0.15) is 12.8 Å². The quantitative estimate of drug-likeness (QED) is 0.602. The van der Waals surface area contributed by atoms with Gasteiger partial charge < -0.3 is 5.73 Å². The minimum absolute atomic E-state index is 0.484. The van der Waals surface area contributed by atoms with Gasteiger partial charge in [0.1, 0.15) is 0 Å². The SMILES string of the molecule is NCC1CC1.O=[N+]([O-])c1ccccc1F. The lowest BCUT2D eigenvalue weighted by Gasteiger charge is -1.89. The van der Waals surface area contributed by atoms with Gasteiger partial charge in [0.05, 0.1) is 4.92 Å². The molecule has 2 N–H and O–H groups in total. The number of halogens is 1. The van der Waals surface area contributed by atoms with Crippen LogP contribution in [0.2, 0.25) is 0 Å². The number of hydrogen-bond acceptors (Lipinski definition) is 3. The van der Waals surface area contributed by atoms with E-state index < -0.39 is 16.4 Å². The lowest BCUT2D eigenvalue weighted by atomic mass is 10.3. The van der Waals surface area contributed by atoms with Crippen molar-refractivity contribution in [2.75, 3.05) is 6.54 Å². The average molecular weight is 212 g/mol. The van der Waals surface area contributed by atoms with E-state index in [0.29, 0.717) is 0 Å². The Hall–Kier alpha value is -1.49. The van der Waals surface area contributed by atoms with E-state index in [1.807, 2.05) is 0 Å². The predicted molar refractivity (Wildman–Crippen MR) is 54.8 cm³/mol. The van der Waals surface area contributed by atoms with Gasteiger partial charge in [-0.15, -0.1) is 0 Å². The van der Waals surface area contributed by atoms with E-state index in [0.717, 1.165) is 24.6 Å². The van der Waals surface area contributed by atoms with Crippen LogP contribution in [0.4, 0.5) is 10.1 Å². The summed E-state index contributed by atoms with van der Waals surface area (Å²) in [6, 6.07) is 5.00. The summed E-state index contributed by atoms with van der Waals surface area (Å²) in [5.74, 6) is 0.113. The smallest absolute Gasteiger partial charge is 0.304 e. The van der Waals surface area contributed by atoms with Crippen LogP contribution >= 0.6 is 0 Å². The number of benzene rings is 1. The van der Waals surface area contributed by atoms with Crippen LogP contribution in [0.5, 0.6) is 0 Å². The second-order valence-corrected chi connectivity index (χ2v) is 3.39. The van der Waals surface area contributed by atoms with E-state index in [2.05, 4.69) is 0 Å². The Kier molecular flexibility index (Phi) is 4.17. The summed E-state index contributed by atoms with van der Waals surface area (Å²) in [6.07, 6.45) is 2.77. The van der Waals surface area contributed by atoms with E-state index >= 15 is 0 Å². The minimum Gasteiger partial charge on any atom is -0.330 e. The summed E-state index contributed by atoms with van der Waals surface area (Å²) in [6.45, 7) is 0.917. The van der Waals surface area contributed by atoms with Gasteiger partial charge in [-0.2, -0.15) is 4.39 Å². The Morgan fingerprint density at radius 3 is 2.33 bits per heavy atom. The predicted octanol–water partition coefficient (Wildman–Crippen LogP) is 2.09. The first-order valence-corrected chi connectivity index (χ1v) is 4.74. The number of rotatable bonds is 2. The molecule has 0 spiro atoms. The monoisotopic (exact) mass is 212 g/mol. The largest absolute Gasteiger partial charge is 0.330 e. The maximum Gasteiger partial charge on any atom is 0.304 e. The summed E-state index contributed by atoms with van der Waals surface area (Å²) < 4.78 is 12.4. The molecule has 1 fully saturated rings. The summed E-state index contributed by atoms with van der Waals surface area (Å²) in [5.41, 5.74) is 4.75. The molecule has 0 radical (unpaired) electrons. The number of para-hydroxylation sites is 1. The Balaban J connectivity index is 0.000000187. The molecule has 0 saturated heterocycles. The number of nitrogens with zero attached hydrogens (tertiary/aromatic N) is 1. The Morgan fingerprint density at radius 1 is 1.47 bits per heavy atom. The Morgan fingerprint density at radius 2 is 2.07 bits per heavy atom. The van der Waals surface area contributed by atoms with Crippen LogP contribution in [-0.4, -0.2) is 11.5 Å². The molecule has 0 atom stereocenters. The number of nitrogens with two attached hydrogens (primary N) is 1. The first-order valence-electron chi connectivity index (χ1n) is 4.74. The molecular formula is C10H13FN2O2. The molecular weight excluding hydrogens is 199 g/mol. The Bertz CT molecular complexity index is 340. The van der Waals surface area contributed by atoms with Gasteiger partial charge in [-0.3, -0.25) is 10.1 Å². The van der Waals surface area contributed by atoms with Crippen LogP contribution in [0.25, 0.3) is 0 Å². The van der Waals surface area contributed by atoms with Crippen molar-refractivity contribution >= 4 is 5.69 Å². The topological polar surface area (TPSA) is 69.2 Å². The minimum atomic E-state index is -0.799. The zero-order valence-electron chi connectivity index (χ0n) is 8.23. The first kappa shape index (κ1) is 11.6. The second kappa shape index (κ2) is 5.41. The standard InChI is InChI=1S/C6H4FNO2.C4H9N/c7-5-3-1-2-4-6(5)8(9)10;5-3-4-1-2-4/h1-4H;4H,1-3,5H2. The van der Waals surface area contributed by atoms with Crippen LogP contribution in [0, 0.1) is 21.8 Å². The molecule has 0 bridgehead atoms. The highest BCUT2D eigenvalue weighted by molar-refractivity contribution is 5.30. The van der Waals surface area contributed by atoms with Crippen molar-refractivity contribution in [1.82, 2.24) is 0 Å². The van der Waals surface area contributed by atoms with Crippen molar-refractivity contribution in [2.45, 2.75) is 12.8 Å². The summed E-state index contributed by atoms with van der Waals surface area (Å²) in [7, 11) is 0. The molecule has 1 aromatic rings. The summed E-state index contributed by atoms with van der Waals surface area (Å²) >= 11 is 0. The average Bonchev–Trinajstić information content (AvgIpc) is 3.02. The third-order valence-electron chi connectivity index (χ3n) is 2.08. The van der Waals surface area contributed by atoms with Crippen molar-refractivity contribution in [1.29, 1.82) is 0 Å². The van der Waals surface area contributed by atoms with Gasteiger partial charge in [-0.1, -0.05) is 12.1 Å². The zero-order valence-corrected chi connectivity index (χ0v) is 8.23. The van der Waals surface area contributed by atoms with E-state index in [1.54, 1.807) is 0 Å². The lowest BCUT2D eigenvalue weighted by Crippen LogP contribution is -1.98.